The van der Waals surface area contributed by atoms with E-state index in [9.17, 15) is 4.79 Å². The van der Waals surface area contributed by atoms with Gasteiger partial charge in [-0.3, -0.25) is 4.79 Å². The first-order valence-corrected chi connectivity index (χ1v) is 6.00. The Morgan fingerprint density at radius 2 is 2.12 bits per heavy atom. The summed E-state index contributed by atoms with van der Waals surface area (Å²) in [6, 6.07) is 0. The average molecular weight is 223 g/mol. The summed E-state index contributed by atoms with van der Waals surface area (Å²) < 4.78 is 0. The highest BCUT2D eigenvalue weighted by atomic mass is 16.6. The summed E-state index contributed by atoms with van der Waals surface area (Å²) in [7, 11) is 0. The summed E-state index contributed by atoms with van der Waals surface area (Å²) in [4.78, 5) is 19.2. The largest absolute Gasteiger partial charge is 0.382 e. The van der Waals surface area contributed by atoms with Crippen molar-refractivity contribution in [1.82, 2.24) is 10.2 Å². The molecule has 5 heteroatoms. The van der Waals surface area contributed by atoms with Gasteiger partial charge >= 0.3 is 0 Å². The van der Waals surface area contributed by atoms with Gasteiger partial charge in [-0.1, -0.05) is 5.16 Å². The Kier molecular flexibility index (Phi) is 2.55. The molecule has 0 spiro atoms. The van der Waals surface area contributed by atoms with E-state index in [0.717, 1.165) is 26.2 Å². The molecule has 3 aliphatic rings. The van der Waals surface area contributed by atoms with Crippen LogP contribution >= 0.6 is 0 Å². The molecule has 1 amide bonds. The predicted molar refractivity (Wildman–Crippen MR) is 59.0 cm³/mol. The average Bonchev–Trinajstić information content (AvgIpc) is 2.81. The van der Waals surface area contributed by atoms with Crippen LogP contribution in [0, 0.1) is 11.8 Å². The third-order valence-corrected chi connectivity index (χ3v) is 3.66. The van der Waals surface area contributed by atoms with Gasteiger partial charge in [-0.25, -0.2) is 0 Å². The Morgan fingerprint density at radius 3 is 2.75 bits per heavy atom. The number of carbonyl (C=O) groups is 1. The smallest absolute Gasteiger partial charge is 0.266 e. The molecular weight excluding hydrogens is 206 g/mol. The molecule has 3 heterocycles. The monoisotopic (exact) mass is 223 g/mol. The zero-order chi connectivity index (χ0) is 11.0. The molecule has 2 fully saturated rings. The second kappa shape index (κ2) is 4.05. The highest BCUT2D eigenvalue weighted by Crippen LogP contribution is 2.25. The topological polar surface area (TPSA) is 53.9 Å². The van der Waals surface area contributed by atoms with E-state index in [2.05, 4.69) is 10.5 Å². The lowest BCUT2D eigenvalue weighted by Gasteiger charge is -2.42. The first kappa shape index (κ1) is 10.1. The van der Waals surface area contributed by atoms with Crippen molar-refractivity contribution >= 4 is 12.1 Å². The fourth-order valence-corrected chi connectivity index (χ4v) is 2.93. The van der Waals surface area contributed by atoms with Crippen LogP contribution in [-0.2, 0) is 9.63 Å². The lowest BCUT2D eigenvalue weighted by Crippen LogP contribution is -2.54. The molecule has 0 aliphatic carbocycles. The van der Waals surface area contributed by atoms with E-state index < -0.39 is 0 Å². The molecule has 1 N–H and O–H groups in total. The molecule has 2 bridgehead atoms. The number of oxime groups is 1. The zero-order valence-corrected chi connectivity index (χ0v) is 9.26. The number of nitrogens with zero attached hydrogens (tertiary/aromatic N) is 2. The van der Waals surface area contributed by atoms with Crippen molar-refractivity contribution in [3.8, 4) is 0 Å². The number of likely N-dealkylation sites (tertiary alicyclic amines) is 1. The number of hydrogen-bond donors (Lipinski definition) is 1. The number of piperidine rings is 2. The van der Waals surface area contributed by atoms with Crippen LogP contribution < -0.4 is 5.32 Å². The normalized spacial score (nSPS) is 37.2. The van der Waals surface area contributed by atoms with Crippen LogP contribution in [0.4, 0.5) is 0 Å². The fraction of sp³-hybridized carbons (Fsp3) is 0.818. The minimum Gasteiger partial charge on any atom is -0.382 e. The van der Waals surface area contributed by atoms with Crippen molar-refractivity contribution in [3.63, 3.8) is 0 Å². The number of carbonyl (C=O) groups excluding carboxylic acids is 1. The van der Waals surface area contributed by atoms with Gasteiger partial charge in [0.25, 0.3) is 5.91 Å². The van der Waals surface area contributed by atoms with Gasteiger partial charge in [-0.05, 0) is 31.3 Å². The van der Waals surface area contributed by atoms with Gasteiger partial charge in [-0.2, -0.15) is 0 Å². The molecule has 0 aromatic carbocycles. The molecule has 5 nitrogen and oxygen atoms in total. The van der Waals surface area contributed by atoms with Crippen molar-refractivity contribution in [1.29, 1.82) is 0 Å². The maximum Gasteiger partial charge on any atom is 0.266 e. The van der Waals surface area contributed by atoms with Gasteiger partial charge in [-0.15, -0.1) is 0 Å². The van der Waals surface area contributed by atoms with Gasteiger partial charge < -0.3 is 15.1 Å². The second-order valence-corrected chi connectivity index (χ2v) is 4.99. The summed E-state index contributed by atoms with van der Waals surface area (Å²) in [5.74, 6) is 1.37. The van der Waals surface area contributed by atoms with E-state index in [0.29, 0.717) is 18.3 Å². The third kappa shape index (κ3) is 1.80. The van der Waals surface area contributed by atoms with Crippen molar-refractivity contribution < 1.29 is 9.63 Å². The van der Waals surface area contributed by atoms with Crippen LogP contribution in [0.1, 0.15) is 12.8 Å². The number of nitrogens with one attached hydrogen (secondary N) is 1. The molecule has 2 saturated heterocycles. The van der Waals surface area contributed by atoms with E-state index in [-0.39, 0.29) is 12.0 Å². The Balaban J connectivity index is 1.64. The Bertz CT molecular complexity index is 298. The minimum atomic E-state index is -0.355. The number of hydrogen-bond acceptors (Lipinski definition) is 4. The molecule has 88 valence electrons. The van der Waals surface area contributed by atoms with Gasteiger partial charge in [0.2, 0.25) is 6.10 Å². The molecule has 3 atom stereocenters. The van der Waals surface area contributed by atoms with Crippen LogP contribution in [0.5, 0.6) is 0 Å². The van der Waals surface area contributed by atoms with Crippen molar-refractivity contribution in [2.45, 2.75) is 18.9 Å². The van der Waals surface area contributed by atoms with Crippen LogP contribution in [0.2, 0.25) is 0 Å². The van der Waals surface area contributed by atoms with E-state index in [1.807, 2.05) is 4.90 Å². The molecule has 3 unspecified atom stereocenters. The van der Waals surface area contributed by atoms with Crippen molar-refractivity contribution in [3.05, 3.63) is 0 Å². The minimum absolute atomic E-state index is 0.120. The van der Waals surface area contributed by atoms with Crippen LogP contribution in [0.15, 0.2) is 5.16 Å². The predicted octanol–water partition coefficient (Wildman–Crippen LogP) is -0.171. The summed E-state index contributed by atoms with van der Waals surface area (Å²) in [6.45, 7) is 3.84. The second-order valence-electron chi connectivity index (χ2n) is 4.99. The lowest BCUT2D eigenvalue weighted by atomic mass is 9.85. The number of rotatable bonds is 1. The van der Waals surface area contributed by atoms with Crippen LogP contribution in [0.25, 0.3) is 0 Å². The van der Waals surface area contributed by atoms with Crippen LogP contribution in [-0.4, -0.2) is 49.3 Å². The molecule has 0 aromatic heterocycles. The summed E-state index contributed by atoms with van der Waals surface area (Å²) >= 11 is 0. The summed E-state index contributed by atoms with van der Waals surface area (Å²) in [6.07, 6.45) is 3.21. The maximum atomic E-state index is 12.1. The van der Waals surface area contributed by atoms with E-state index in [4.69, 9.17) is 4.84 Å². The highest BCUT2D eigenvalue weighted by Gasteiger charge is 2.36. The molecule has 0 radical (unpaired) electrons. The van der Waals surface area contributed by atoms with Crippen molar-refractivity contribution in [2.24, 2.45) is 17.0 Å². The SMILES string of the molecule is O=C(C1CC=NO1)N1CC2CNCC(C2)C1. The van der Waals surface area contributed by atoms with E-state index >= 15 is 0 Å². The molecular formula is C11H17N3O2. The fourth-order valence-electron chi connectivity index (χ4n) is 2.93. The Morgan fingerprint density at radius 1 is 1.38 bits per heavy atom. The van der Waals surface area contributed by atoms with E-state index in [1.165, 1.54) is 6.42 Å². The number of fused-ring (bicyclic) bond motifs is 2. The first-order valence-electron chi connectivity index (χ1n) is 6.00. The zero-order valence-electron chi connectivity index (χ0n) is 9.26. The quantitative estimate of drug-likeness (QED) is 0.671. The standard InChI is InChI=1S/C11H17N3O2/c15-11(10-1-2-13-16-10)14-6-8-3-9(7-14)5-12-4-8/h2,8-10,12H,1,3-7H2. The molecule has 0 aromatic rings. The third-order valence-electron chi connectivity index (χ3n) is 3.66. The van der Waals surface area contributed by atoms with E-state index in [1.54, 1.807) is 6.21 Å². The lowest BCUT2D eigenvalue weighted by molar-refractivity contribution is -0.145. The van der Waals surface area contributed by atoms with Crippen molar-refractivity contribution in [2.75, 3.05) is 26.2 Å². The molecule has 3 aliphatic heterocycles. The molecule has 0 saturated carbocycles. The Hall–Kier alpha value is -1.10. The summed E-state index contributed by atoms with van der Waals surface area (Å²) in [5.41, 5.74) is 0. The molecule has 16 heavy (non-hydrogen) atoms. The molecule has 3 rings (SSSR count). The van der Waals surface area contributed by atoms with Gasteiger partial charge in [0.15, 0.2) is 0 Å². The van der Waals surface area contributed by atoms with Crippen LogP contribution in [0.3, 0.4) is 0 Å². The maximum absolute atomic E-state index is 12.1. The highest BCUT2D eigenvalue weighted by molar-refractivity contribution is 5.84. The summed E-state index contributed by atoms with van der Waals surface area (Å²) in [5, 5.41) is 7.09. The van der Waals surface area contributed by atoms with Gasteiger partial charge in [0.05, 0.1) is 0 Å². The number of amides is 1. The van der Waals surface area contributed by atoms with Gasteiger partial charge in [0, 0.05) is 25.7 Å². The first-order chi connectivity index (χ1) is 7.83. The Labute approximate surface area is 94.8 Å². The van der Waals surface area contributed by atoms with Gasteiger partial charge in [0.1, 0.15) is 0 Å².